The van der Waals surface area contributed by atoms with Crippen molar-refractivity contribution in [3.63, 3.8) is 0 Å². The normalized spacial score (nSPS) is 21.8. The first-order valence-electron chi connectivity index (χ1n) is 7.41. The van der Waals surface area contributed by atoms with Gasteiger partial charge in [0.2, 0.25) is 0 Å². The molecule has 1 unspecified atom stereocenters. The minimum absolute atomic E-state index is 0.0771. The van der Waals surface area contributed by atoms with Crippen LogP contribution in [0.15, 0.2) is 41.9 Å². The van der Waals surface area contributed by atoms with E-state index in [1.807, 2.05) is 0 Å². The van der Waals surface area contributed by atoms with E-state index in [1.54, 1.807) is 37.3 Å². The van der Waals surface area contributed by atoms with Gasteiger partial charge in [-0.3, -0.25) is 4.79 Å². The summed E-state index contributed by atoms with van der Waals surface area (Å²) in [5.41, 5.74) is -5.40. The monoisotopic (exact) mass is 378 g/mol. The van der Waals surface area contributed by atoms with E-state index in [2.05, 4.69) is 4.18 Å². The molecule has 25 heavy (non-hydrogen) atoms. The fourth-order valence-electron chi connectivity index (χ4n) is 2.69. The zero-order chi connectivity index (χ0) is 18.9. The number of rotatable bonds is 4. The Morgan fingerprint density at radius 2 is 1.76 bits per heavy atom. The van der Waals surface area contributed by atoms with Crippen molar-refractivity contribution in [2.45, 2.75) is 44.0 Å². The average molecular weight is 378 g/mol. The molecule has 0 N–H and O–H groups in total. The molecular weight excluding hydrogens is 361 g/mol. The van der Waals surface area contributed by atoms with Crippen molar-refractivity contribution in [1.29, 1.82) is 0 Å². The number of hydrogen-bond acceptors (Lipinski definition) is 5. The number of alkyl halides is 3. The molecule has 138 valence electrons. The molecule has 0 saturated carbocycles. The van der Waals surface area contributed by atoms with Crippen molar-refractivity contribution in [2.24, 2.45) is 0 Å². The standard InChI is InChI=1S/C16H17F3O5S/c1-11(20)23-13-8-9-15(2,12-6-4-3-5-7-12)10-14(13)24-25(21,22)16(17,18)19/h3-7H,8-10H2,1-2H3. The molecule has 0 spiro atoms. The molecule has 1 aliphatic carbocycles. The van der Waals surface area contributed by atoms with Crippen molar-refractivity contribution in [3.8, 4) is 0 Å². The number of ether oxygens (including phenoxy) is 1. The second kappa shape index (κ2) is 6.70. The SMILES string of the molecule is CC(=O)OC1=C(OS(=O)(=O)C(F)(F)F)CC(C)(c2ccccc2)CC1. The molecule has 0 bridgehead atoms. The van der Waals surface area contributed by atoms with Crippen LogP contribution < -0.4 is 0 Å². The summed E-state index contributed by atoms with van der Waals surface area (Å²) in [5.74, 6) is -1.44. The van der Waals surface area contributed by atoms with E-state index in [4.69, 9.17) is 4.74 Å². The van der Waals surface area contributed by atoms with Gasteiger partial charge in [-0.2, -0.15) is 21.6 Å². The summed E-state index contributed by atoms with van der Waals surface area (Å²) in [6.07, 6.45) is 0.390. The van der Waals surface area contributed by atoms with Crippen LogP contribution in [0, 0.1) is 0 Å². The van der Waals surface area contributed by atoms with Gasteiger partial charge in [0, 0.05) is 25.2 Å². The van der Waals surface area contributed by atoms with Crippen LogP contribution in [0.1, 0.15) is 38.7 Å². The molecule has 0 fully saturated rings. The van der Waals surface area contributed by atoms with Gasteiger partial charge in [0.05, 0.1) is 0 Å². The van der Waals surface area contributed by atoms with Crippen LogP contribution in [0.5, 0.6) is 0 Å². The zero-order valence-electron chi connectivity index (χ0n) is 13.6. The van der Waals surface area contributed by atoms with Crippen molar-refractivity contribution >= 4 is 16.1 Å². The third kappa shape index (κ3) is 4.33. The number of halogens is 3. The maximum Gasteiger partial charge on any atom is 0.534 e. The first-order chi connectivity index (χ1) is 11.4. The smallest absolute Gasteiger partial charge is 0.428 e. The van der Waals surface area contributed by atoms with Gasteiger partial charge in [0.25, 0.3) is 0 Å². The molecule has 0 aliphatic heterocycles. The van der Waals surface area contributed by atoms with Crippen molar-refractivity contribution in [2.75, 3.05) is 0 Å². The molecule has 1 aromatic rings. The predicted octanol–water partition coefficient (Wildman–Crippen LogP) is 3.77. The van der Waals surface area contributed by atoms with E-state index in [0.29, 0.717) is 6.42 Å². The van der Waals surface area contributed by atoms with Gasteiger partial charge in [0.1, 0.15) is 5.76 Å². The molecule has 0 radical (unpaired) electrons. The summed E-state index contributed by atoms with van der Waals surface area (Å²) in [6.45, 7) is 2.87. The largest absolute Gasteiger partial charge is 0.534 e. The minimum atomic E-state index is -5.85. The van der Waals surface area contributed by atoms with E-state index in [-0.39, 0.29) is 18.6 Å². The van der Waals surface area contributed by atoms with Crippen molar-refractivity contribution < 1.29 is 35.3 Å². The van der Waals surface area contributed by atoms with Gasteiger partial charge in [-0.1, -0.05) is 37.3 Å². The Balaban J connectivity index is 2.41. The number of allylic oxidation sites excluding steroid dienone is 2. The van der Waals surface area contributed by atoms with Crippen LogP contribution in [0.25, 0.3) is 0 Å². The lowest BCUT2D eigenvalue weighted by molar-refractivity contribution is -0.137. The predicted molar refractivity (Wildman–Crippen MR) is 82.5 cm³/mol. The van der Waals surface area contributed by atoms with E-state index in [0.717, 1.165) is 12.5 Å². The van der Waals surface area contributed by atoms with Crippen molar-refractivity contribution in [3.05, 3.63) is 47.4 Å². The lowest BCUT2D eigenvalue weighted by Gasteiger charge is -2.35. The first-order valence-corrected chi connectivity index (χ1v) is 8.82. The first kappa shape index (κ1) is 19.3. The van der Waals surface area contributed by atoms with Crippen molar-refractivity contribution in [1.82, 2.24) is 0 Å². The average Bonchev–Trinajstić information content (AvgIpc) is 2.49. The number of esters is 1. The van der Waals surface area contributed by atoms with Crippen LogP contribution in [-0.4, -0.2) is 19.9 Å². The Kier molecular flexibility index (Phi) is 5.17. The number of carbonyl (C=O) groups excluding carboxylic acids is 1. The van der Waals surface area contributed by atoms with Gasteiger partial charge < -0.3 is 8.92 Å². The van der Waals surface area contributed by atoms with E-state index < -0.39 is 32.8 Å². The molecule has 1 atom stereocenters. The second-order valence-corrected chi connectivity index (χ2v) is 7.56. The van der Waals surface area contributed by atoms with Crippen LogP contribution >= 0.6 is 0 Å². The van der Waals surface area contributed by atoms with Gasteiger partial charge in [-0.05, 0) is 12.0 Å². The highest BCUT2D eigenvalue weighted by molar-refractivity contribution is 7.87. The summed E-state index contributed by atoms with van der Waals surface area (Å²) in [7, 11) is -5.85. The highest BCUT2D eigenvalue weighted by Gasteiger charge is 2.50. The number of carbonyl (C=O) groups is 1. The Labute approximate surface area is 143 Å². The highest BCUT2D eigenvalue weighted by Crippen LogP contribution is 2.43. The van der Waals surface area contributed by atoms with Gasteiger partial charge in [-0.25, -0.2) is 0 Å². The number of hydrogen-bond donors (Lipinski definition) is 0. The molecule has 9 heteroatoms. The lowest BCUT2D eigenvalue weighted by Crippen LogP contribution is -2.32. The summed E-state index contributed by atoms with van der Waals surface area (Å²) in [6, 6.07) is 8.94. The fourth-order valence-corrected chi connectivity index (χ4v) is 3.21. The highest BCUT2D eigenvalue weighted by atomic mass is 32.2. The minimum Gasteiger partial charge on any atom is -0.428 e. The maximum absolute atomic E-state index is 12.7. The Morgan fingerprint density at radius 1 is 1.16 bits per heavy atom. The fraction of sp³-hybridized carbons (Fsp3) is 0.438. The molecule has 1 aliphatic rings. The molecule has 2 rings (SSSR count). The van der Waals surface area contributed by atoms with Crippen LogP contribution in [0.3, 0.4) is 0 Å². The summed E-state index contributed by atoms with van der Waals surface area (Å²) < 4.78 is 69.9. The molecule has 5 nitrogen and oxygen atoms in total. The summed E-state index contributed by atoms with van der Waals surface area (Å²) in [5, 5.41) is 0. The van der Waals surface area contributed by atoms with Crippen LogP contribution in [0.4, 0.5) is 13.2 Å². The Morgan fingerprint density at radius 3 is 2.28 bits per heavy atom. The van der Waals surface area contributed by atoms with Gasteiger partial charge >= 0.3 is 21.6 Å². The molecule has 0 aromatic heterocycles. The molecular formula is C16H17F3O5S. The summed E-state index contributed by atoms with van der Waals surface area (Å²) >= 11 is 0. The zero-order valence-corrected chi connectivity index (χ0v) is 14.4. The second-order valence-electron chi connectivity index (χ2n) is 6.03. The molecule has 0 amide bonds. The Bertz CT molecular complexity index is 784. The third-order valence-electron chi connectivity index (χ3n) is 4.00. The van der Waals surface area contributed by atoms with E-state index in [9.17, 15) is 26.4 Å². The van der Waals surface area contributed by atoms with Gasteiger partial charge in [0.15, 0.2) is 5.76 Å². The lowest BCUT2D eigenvalue weighted by atomic mass is 9.72. The molecule has 1 aromatic carbocycles. The molecule has 0 saturated heterocycles. The topological polar surface area (TPSA) is 69.7 Å². The quantitative estimate of drug-likeness (QED) is 0.453. The Hall–Kier alpha value is -2.03. The maximum atomic E-state index is 12.7. The van der Waals surface area contributed by atoms with E-state index >= 15 is 0 Å². The summed E-state index contributed by atoms with van der Waals surface area (Å²) in [4.78, 5) is 11.2. The van der Waals surface area contributed by atoms with Crippen LogP contribution in [0.2, 0.25) is 0 Å². The third-order valence-corrected chi connectivity index (χ3v) is 4.98. The van der Waals surface area contributed by atoms with Crippen LogP contribution in [-0.2, 0) is 29.2 Å². The van der Waals surface area contributed by atoms with Gasteiger partial charge in [-0.15, -0.1) is 0 Å². The van der Waals surface area contributed by atoms with E-state index in [1.165, 1.54) is 0 Å². The molecule has 0 heterocycles. The number of benzene rings is 1.